The number of piperazine rings is 1. The Kier molecular flexibility index (Phi) is 7.24. The summed E-state index contributed by atoms with van der Waals surface area (Å²) in [6, 6.07) is 7.26. The lowest BCUT2D eigenvalue weighted by Gasteiger charge is -2.36. The summed E-state index contributed by atoms with van der Waals surface area (Å²) >= 11 is 0. The van der Waals surface area contributed by atoms with Crippen LogP contribution in [0.25, 0.3) is 11.0 Å². The first-order valence-electron chi connectivity index (χ1n) is 13.5. The van der Waals surface area contributed by atoms with Gasteiger partial charge in [0.05, 0.1) is 5.56 Å². The zero-order chi connectivity index (χ0) is 27.7. The Labute approximate surface area is 227 Å². The van der Waals surface area contributed by atoms with Crippen molar-refractivity contribution in [2.45, 2.75) is 65.0 Å². The third-order valence-corrected chi connectivity index (χ3v) is 7.07. The predicted octanol–water partition coefficient (Wildman–Crippen LogP) is 4.30. The van der Waals surface area contributed by atoms with Crippen LogP contribution in [0.4, 0.5) is 22.4 Å². The van der Waals surface area contributed by atoms with Crippen LogP contribution in [0.5, 0.6) is 0 Å². The second-order valence-electron chi connectivity index (χ2n) is 11.2. The van der Waals surface area contributed by atoms with Crippen molar-refractivity contribution >= 4 is 40.5 Å². The molecule has 1 saturated carbocycles. The Morgan fingerprint density at radius 2 is 1.77 bits per heavy atom. The van der Waals surface area contributed by atoms with Crippen LogP contribution in [0, 0.1) is 0 Å². The zero-order valence-electron chi connectivity index (χ0n) is 22.9. The lowest BCUT2D eigenvalue weighted by atomic mass is 10.1. The molecule has 3 aromatic heterocycles. The highest BCUT2D eigenvalue weighted by molar-refractivity contribution is 5.96. The summed E-state index contributed by atoms with van der Waals surface area (Å²) in [5, 5.41) is 3.83. The fourth-order valence-electron chi connectivity index (χ4n) is 5.16. The molecular formula is C28H35N7O4. The van der Waals surface area contributed by atoms with Crippen molar-refractivity contribution in [3.63, 3.8) is 0 Å². The molecule has 4 heterocycles. The van der Waals surface area contributed by atoms with Crippen molar-refractivity contribution in [1.29, 1.82) is 0 Å². The van der Waals surface area contributed by atoms with Gasteiger partial charge in [-0.2, -0.15) is 4.98 Å². The van der Waals surface area contributed by atoms with Crippen LogP contribution in [0.1, 0.15) is 69.8 Å². The first-order valence-corrected chi connectivity index (χ1v) is 13.5. The molecule has 0 radical (unpaired) electrons. The van der Waals surface area contributed by atoms with Gasteiger partial charge in [0, 0.05) is 43.8 Å². The van der Waals surface area contributed by atoms with Crippen molar-refractivity contribution in [2.75, 3.05) is 36.4 Å². The van der Waals surface area contributed by atoms with Crippen molar-refractivity contribution in [2.24, 2.45) is 0 Å². The van der Waals surface area contributed by atoms with Gasteiger partial charge in [-0.1, -0.05) is 18.9 Å². The molecule has 1 amide bonds. The molecule has 11 heteroatoms. The maximum absolute atomic E-state index is 13.2. The van der Waals surface area contributed by atoms with E-state index in [0.717, 1.165) is 31.5 Å². The van der Waals surface area contributed by atoms with Crippen molar-refractivity contribution in [3.05, 3.63) is 46.4 Å². The number of nitrogens with zero attached hydrogens (tertiary/aromatic N) is 6. The van der Waals surface area contributed by atoms with Crippen molar-refractivity contribution < 1.29 is 14.3 Å². The molecule has 1 aliphatic carbocycles. The smallest absolute Gasteiger partial charge is 0.410 e. The van der Waals surface area contributed by atoms with E-state index in [9.17, 15) is 14.4 Å². The number of ether oxygens (including phenoxy) is 1. The fraction of sp³-hybridized carbons (Fsp3) is 0.500. The number of aromatic nitrogens is 4. The highest BCUT2D eigenvalue weighted by atomic mass is 16.6. The number of Topliss-reactive ketones (excluding diaryl/α,β-unsaturated/α-hetero) is 1. The van der Waals surface area contributed by atoms with Gasteiger partial charge in [0.25, 0.3) is 5.56 Å². The standard InChI is InChI=1S/C28H35N7O4/c1-18(36)21-16-19-17-29-26(32-24(19)35(25(21)37)20-8-5-6-9-20)31-22-10-7-11-23(30-22)33-12-14-34(15-13-33)27(38)39-28(2,3)4/h7,10-11,16-17,20H,5-6,8-9,12-15H2,1-4H3,(H,29,30,31,32). The molecule has 0 unspecified atom stereocenters. The van der Waals surface area contributed by atoms with Gasteiger partial charge in [0.1, 0.15) is 22.9 Å². The Bertz CT molecular complexity index is 1450. The molecule has 3 aromatic rings. The highest BCUT2D eigenvalue weighted by Gasteiger charge is 2.27. The van der Waals surface area contributed by atoms with Crippen molar-refractivity contribution in [3.8, 4) is 0 Å². The molecule has 11 nitrogen and oxygen atoms in total. The first-order chi connectivity index (χ1) is 18.6. The fourth-order valence-corrected chi connectivity index (χ4v) is 5.16. The molecule has 0 bridgehead atoms. The molecule has 2 fully saturated rings. The minimum absolute atomic E-state index is 0.0165. The van der Waals surface area contributed by atoms with Crippen LogP contribution in [-0.2, 0) is 4.74 Å². The number of hydrogen-bond acceptors (Lipinski definition) is 9. The van der Waals surface area contributed by atoms with Crippen LogP contribution >= 0.6 is 0 Å². The van der Waals surface area contributed by atoms with Gasteiger partial charge in [-0.3, -0.25) is 14.2 Å². The van der Waals surface area contributed by atoms with Crippen LogP contribution in [0.2, 0.25) is 0 Å². The van der Waals surface area contributed by atoms with Gasteiger partial charge in [-0.15, -0.1) is 0 Å². The normalized spacial score (nSPS) is 16.5. The first kappa shape index (κ1) is 26.6. The lowest BCUT2D eigenvalue weighted by Crippen LogP contribution is -2.50. The largest absolute Gasteiger partial charge is 0.444 e. The summed E-state index contributed by atoms with van der Waals surface area (Å²) < 4.78 is 7.17. The van der Waals surface area contributed by atoms with Gasteiger partial charge in [0.15, 0.2) is 5.78 Å². The van der Waals surface area contributed by atoms with E-state index >= 15 is 0 Å². The third kappa shape index (κ3) is 5.86. The molecule has 206 valence electrons. The molecular weight excluding hydrogens is 498 g/mol. The average molecular weight is 534 g/mol. The topological polar surface area (TPSA) is 123 Å². The minimum atomic E-state index is -0.526. The summed E-state index contributed by atoms with van der Waals surface area (Å²) in [4.78, 5) is 55.5. The number of pyridine rings is 2. The van der Waals surface area contributed by atoms with Crippen LogP contribution < -0.4 is 15.8 Å². The number of nitrogens with one attached hydrogen (secondary N) is 1. The maximum atomic E-state index is 13.2. The second-order valence-corrected chi connectivity index (χ2v) is 11.2. The molecule has 2 aliphatic rings. The van der Waals surface area contributed by atoms with E-state index in [4.69, 9.17) is 14.7 Å². The Morgan fingerprint density at radius 3 is 2.44 bits per heavy atom. The monoisotopic (exact) mass is 533 g/mol. The number of ketones is 1. The number of rotatable bonds is 5. The molecule has 0 aromatic carbocycles. The number of carbonyl (C=O) groups excluding carboxylic acids is 2. The SMILES string of the molecule is CC(=O)c1cc2cnc(Nc3cccc(N4CCN(C(=O)OC(C)(C)C)CC4)n3)nc2n(C2CCCC2)c1=O. The minimum Gasteiger partial charge on any atom is -0.444 e. The van der Waals surface area contributed by atoms with E-state index in [1.807, 2.05) is 39.0 Å². The summed E-state index contributed by atoms with van der Waals surface area (Å²) in [7, 11) is 0. The molecule has 0 atom stereocenters. The summed E-state index contributed by atoms with van der Waals surface area (Å²) in [6.45, 7) is 9.35. The highest BCUT2D eigenvalue weighted by Crippen LogP contribution is 2.31. The van der Waals surface area contributed by atoms with E-state index in [-0.39, 0.29) is 29.0 Å². The van der Waals surface area contributed by atoms with E-state index < -0.39 is 5.60 Å². The third-order valence-electron chi connectivity index (χ3n) is 7.07. The molecule has 1 N–H and O–H groups in total. The van der Waals surface area contributed by atoms with Gasteiger partial charge < -0.3 is 19.9 Å². The van der Waals surface area contributed by atoms with Gasteiger partial charge in [-0.05, 0) is 58.7 Å². The number of carbonyl (C=O) groups is 2. The average Bonchev–Trinajstić information content (AvgIpc) is 3.42. The molecule has 5 rings (SSSR count). The zero-order valence-corrected chi connectivity index (χ0v) is 22.9. The second kappa shape index (κ2) is 10.6. The van der Waals surface area contributed by atoms with Crippen LogP contribution in [0.15, 0.2) is 35.3 Å². The number of anilines is 3. The molecule has 39 heavy (non-hydrogen) atoms. The Balaban J connectivity index is 1.35. The maximum Gasteiger partial charge on any atom is 0.410 e. The summed E-state index contributed by atoms with van der Waals surface area (Å²) in [5.74, 6) is 1.41. The number of hydrogen-bond donors (Lipinski definition) is 1. The lowest BCUT2D eigenvalue weighted by molar-refractivity contribution is 0.0240. The summed E-state index contributed by atoms with van der Waals surface area (Å²) in [5.41, 5.74) is -0.136. The number of fused-ring (bicyclic) bond motifs is 1. The Morgan fingerprint density at radius 1 is 1.05 bits per heavy atom. The summed E-state index contributed by atoms with van der Waals surface area (Å²) in [6.07, 6.45) is 5.19. The van der Waals surface area contributed by atoms with E-state index in [2.05, 4.69) is 15.2 Å². The van der Waals surface area contributed by atoms with Gasteiger partial charge in [-0.25, -0.2) is 14.8 Å². The van der Waals surface area contributed by atoms with Crippen LogP contribution in [0.3, 0.4) is 0 Å². The van der Waals surface area contributed by atoms with E-state index in [0.29, 0.717) is 49.0 Å². The van der Waals surface area contributed by atoms with Gasteiger partial charge in [0.2, 0.25) is 5.95 Å². The molecule has 1 aliphatic heterocycles. The predicted molar refractivity (Wildman–Crippen MR) is 149 cm³/mol. The molecule has 0 spiro atoms. The number of amides is 1. The molecule has 1 saturated heterocycles. The quantitative estimate of drug-likeness (QED) is 0.478. The van der Waals surface area contributed by atoms with Crippen LogP contribution in [-0.4, -0.2) is 68.1 Å². The van der Waals surface area contributed by atoms with E-state index in [1.54, 1.807) is 21.7 Å². The Hall–Kier alpha value is -4.02. The van der Waals surface area contributed by atoms with E-state index in [1.165, 1.54) is 6.92 Å². The van der Waals surface area contributed by atoms with Gasteiger partial charge >= 0.3 is 6.09 Å². The van der Waals surface area contributed by atoms with Crippen molar-refractivity contribution in [1.82, 2.24) is 24.4 Å².